The number of nitrogens with one attached hydrogen (secondary N) is 1. The first-order valence-electron chi connectivity index (χ1n) is 6.21. The molecule has 0 atom stereocenters. The lowest BCUT2D eigenvalue weighted by molar-refractivity contribution is -0.120. The van der Waals surface area contributed by atoms with Gasteiger partial charge < -0.3 is 5.32 Å². The van der Waals surface area contributed by atoms with Crippen LogP contribution in [0.15, 0.2) is 35.9 Å². The van der Waals surface area contributed by atoms with Crippen LogP contribution in [0.3, 0.4) is 0 Å². The topological polar surface area (TPSA) is 52.9 Å². The fourth-order valence-corrected chi connectivity index (χ4v) is 2.12. The zero-order valence-corrected chi connectivity index (χ0v) is 10.3. The molecule has 3 heteroatoms. The number of carbonyl (C=O) groups excluding carboxylic acids is 1. The Hall–Kier alpha value is -2.08. The Morgan fingerprint density at radius 2 is 2.33 bits per heavy atom. The van der Waals surface area contributed by atoms with Gasteiger partial charge in [0.05, 0.1) is 11.6 Å². The van der Waals surface area contributed by atoms with Gasteiger partial charge in [-0.1, -0.05) is 23.8 Å². The normalized spacial score (nSPS) is 13.8. The predicted molar refractivity (Wildman–Crippen MR) is 69.6 cm³/mol. The van der Waals surface area contributed by atoms with Crippen LogP contribution in [0.4, 0.5) is 0 Å². The van der Waals surface area contributed by atoms with Gasteiger partial charge >= 0.3 is 0 Å². The second kappa shape index (κ2) is 6.02. The van der Waals surface area contributed by atoms with E-state index in [1.54, 1.807) is 12.1 Å². The predicted octanol–water partition coefficient (Wildman–Crippen LogP) is 2.67. The fourth-order valence-electron chi connectivity index (χ4n) is 2.12. The minimum Gasteiger partial charge on any atom is -0.352 e. The first-order chi connectivity index (χ1) is 8.78. The van der Waals surface area contributed by atoms with Crippen LogP contribution in [-0.2, 0) is 11.3 Å². The molecule has 0 bridgehead atoms. The van der Waals surface area contributed by atoms with Gasteiger partial charge in [-0.05, 0) is 37.0 Å². The molecule has 1 aromatic rings. The number of hydrogen-bond acceptors (Lipinski definition) is 2. The van der Waals surface area contributed by atoms with Crippen molar-refractivity contribution in [1.82, 2.24) is 5.32 Å². The summed E-state index contributed by atoms with van der Waals surface area (Å²) in [6.07, 6.45) is 6.00. The van der Waals surface area contributed by atoms with Crippen molar-refractivity contribution < 1.29 is 4.79 Å². The molecule has 0 spiro atoms. The molecule has 0 saturated carbocycles. The number of nitrogens with zero attached hydrogens (tertiary/aromatic N) is 1. The number of nitriles is 1. The summed E-state index contributed by atoms with van der Waals surface area (Å²) in [5, 5.41) is 11.7. The quantitative estimate of drug-likeness (QED) is 0.823. The van der Waals surface area contributed by atoms with Gasteiger partial charge in [-0.15, -0.1) is 0 Å². The zero-order valence-electron chi connectivity index (χ0n) is 10.3. The number of hydrogen-bond donors (Lipinski definition) is 1. The molecule has 2 rings (SSSR count). The summed E-state index contributed by atoms with van der Waals surface area (Å²) in [7, 11) is 0. The van der Waals surface area contributed by atoms with E-state index in [2.05, 4.69) is 17.5 Å². The van der Waals surface area contributed by atoms with Crippen molar-refractivity contribution in [1.29, 1.82) is 5.26 Å². The summed E-state index contributed by atoms with van der Waals surface area (Å²) in [6, 6.07) is 9.40. The van der Waals surface area contributed by atoms with Crippen LogP contribution in [0, 0.1) is 11.3 Å². The molecule has 1 aliphatic carbocycles. The highest BCUT2D eigenvalue weighted by Gasteiger charge is 2.09. The van der Waals surface area contributed by atoms with E-state index in [0.717, 1.165) is 18.4 Å². The Bertz CT molecular complexity index is 511. The maximum atomic E-state index is 11.7. The molecule has 0 saturated heterocycles. The first-order valence-corrected chi connectivity index (χ1v) is 6.21. The first kappa shape index (κ1) is 12.4. The van der Waals surface area contributed by atoms with E-state index in [1.165, 1.54) is 12.0 Å². The Kier molecular flexibility index (Phi) is 4.14. The van der Waals surface area contributed by atoms with Crippen molar-refractivity contribution in [3.8, 4) is 6.07 Å². The smallest absolute Gasteiger partial charge is 0.224 e. The van der Waals surface area contributed by atoms with Gasteiger partial charge in [0.2, 0.25) is 5.91 Å². The van der Waals surface area contributed by atoms with E-state index in [0.29, 0.717) is 18.5 Å². The molecule has 1 amide bonds. The van der Waals surface area contributed by atoms with Crippen LogP contribution >= 0.6 is 0 Å². The largest absolute Gasteiger partial charge is 0.352 e. The summed E-state index contributed by atoms with van der Waals surface area (Å²) in [5.41, 5.74) is 2.83. The number of benzene rings is 1. The van der Waals surface area contributed by atoms with Crippen molar-refractivity contribution in [3.05, 3.63) is 47.0 Å². The van der Waals surface area contributed by atoms with Gasteiger partial charge in [0.15, 0.2) is 0 Å². The Morgan fingerprint density at radius 3 is 3.06 bits per heavy atom. The summed E-state index contributed by atoms with van der Waals surface area (Å²) in [4.78, 5) is 11.7. The highest BCUT2D eigenvalue weighted by Crippen LogP contribution is 2.20. The molecular weight excluding hydrogens is 224 g/mol. The SMILES string of the molecule is N#Cc1cccc(CNC(=O)CC2=CCCC2)c1. The zero-order chi connectivity index (χ0) is 12.8. The lowest BCUT2D eigenvalue weighted by Crippen LogP contribution is -2.22. The van der Waals surface area contributed by atoms with E-state index in [9.17, 15) is 4.79 Å². The van der Waals surface area contributed by atoms with Gasteiger partial charge in [0.1, 0.15) is 0 Å². The van der Waals surface area contributed by atoms with Crippen molar-refractivity contribution in [2.24, 2.45) is 0 Å². The summed E-state index contributed by atoms with van der Waals surface area (Å²) in [6.45, 7) is 0.488. The molecule has 18 heavy (non-hydrogen) atoms. The van der Waals surface area contributed by atoms with Gasteiger partial charge in [-0.25, -0.2) is 0 Å². The van der Waals surface area contributed by atoms with Crippen molar-refractivity contribution >= 4 is 5.91 Å². The average Bonchev–Trinajstić information content (AvgIpc) is 2.89. The molecule has 0 heterocycles. The van der Waals surface area contributed by atoms with Crippen LogP contribution in [0.25, 0.3) is 0 Å². The van der Waals surface area contributed by atoms with Gasteiger partial charge in [-0.3, -0.25) is 4.79 Å². The lowest BCUT2D eigenvalue weighted by Gasteiger charge is -2.06. The Labute approximate surface area is 107 Å². The molecular formula is C15H16N2O. The van der Waals surface area contributed by atoms with E-state index in [4.69, 9.17) is 5.26 Å². The number of rotatable bonds is 4. The summed E-state index contributed by atoms with van der Waals surface area (Å²) >= 11 is 0. The molecule has 1 N–H and O–H groups in total. The third-order valence-corrected chi connectivity index (χ3v) is 3.07. The number of allylic oxidation sites excluding steroid dienone is 1. The Balaban J connectivity index is 1.83. The van der Waals surface area contributed by atoms with Crippen molar-refractivity contribution in [3.63, 3.8) is 0 Å². The van der Waals surface area contributed by atoms with Crippen LogP contribution in [0.5, 0.6) is 0 Å². The second-order valence-corrected chi connectivity index (χ2v) is 4.52. The highest BCUT2D eigenvalue weighted by molar-refractivity contribution is 5.78. The number of amides is 1. The van der Waals surface area contributed by atoms with Gasteiger partial charge in [0.25, 0.3) is 0 Å². The van der Waals surface area contributed by atoms with Gasteiger partial charge in [-0.2, -0.15) is 5.26 Å². The maximum Gasteiger partial charge on any atom is 0.224 e. The van der Waals surface area contributed by atoms with E-state index in [1.807, 2.05) is 12.1 Å². The van der Waals surface area contributed by atoms with E-state index < -0.39 is 0 Å². The van der Waals surface area contributed by atoms with E-state index >= 15 is 0 Å². The standard InChI is InChI=1S/C15H16N2O/c16-10-13-6-3-7-14(8-13)11-17-15(18)9-12-4-1-2-5-12/h3-4,6-8H,1-2,5,9,11H2,(H,17,18). The molecule has 0 radical (unpaired) electrons. The second-order valence-electron chi connectivity index (χ2n) is 4.52. The fraction of sp³-hybridized carbons (Fsp3) is 0.333. The van der Waals surface area contributed by atoms with Gasteiger partial charge in [0, 0.05) is 13.0 Å². The van der Waals surface area contributed by atoms with Crippen molar-refractivity contribution in [2.45, 2.75) is 32.2 Å². The molecule has 0 aliphatic heterocycles. The van der Waals surface area contributed by atoms with E-state index in [-0.39, 0.29) is 5.91 Å². The average molecular weight is 240 g/mol. The molecule has 0 unspecified atom stereocenters. The third-order valence-electron chi connectivity index (χ3n) is 3.07. The van der Waals surface area contributed by atoms with Crippen molar-refractivity contribution in [2.75, 3.05) is 0 Å². The van der Waals surface area contributed by atoms with Crippen LogP contribution in [-0.4, -0.2) is 5.91 Å². The third kappa shape index (κ3) is 3.46. The Morgan fingerprint density at radius 1 is 1.44 bits per heavy atom. The minimum absolute atomic E-state index is 0.0607. The minimum atomic E-state index is 0.0607. The highest BCUT2D eigenvalue weighted by atomic mass is 16.1. The molecule has 1 aromatic carbocycles. The summed E-state index contributed by atoms with van der Waals surface area (Å²) < 4.78 is 0. The molecule has 0 aromatic heterocycles. The summed E-state index contributed by atoms with van der Waals surface area (Å²) in [5.74, 6) is 0.0607. The molecule has 1 aliphatic rings. The molecule has 92 valence electrons. The molecule has 0 fully saturated rings. The number of carbonyl (C=O) groups is 1. The van der Waals surface area contributed by atoms with Crippen LogP contribution < -0.4 is 5.32 Å². The van der Waals surface area contributed by atoms with Crippen LogP contribution in [0.1, 0.15) is 36.8 Å². The van der Waals surface area contributed by atoms with Crippen LogP contribution in [0.2, 0.25) is 0 Å². The molecule has 3 nitrogen and oxygen atoms in total. The maximum absolute atomic E-state index is 11.7. The monoisotopic (exact) mass is 240 g/mol. The lowest BCUT2D eigenvalue weighted by atomic mass is 10.1.